The summed E-state index contributed by atoms with van der Waals surface area (Å²) < 4.78 is 0. The highest BCUT2D eigenvalue weighted by molar-refractivity contribution is 5.73. The van der Waals surface area contributed by atoms with Crippen molar-refractivity contribution in [1.29, 1.82) is 0 Å². The Hall–Kier alpha value is -2.11. The summed E-state index contributed by atoms with van der Waals surface area (Å²) in [6.45, 7) is 0.499. The van der Waals surface area contributed by atoms with Crippen molar-refractivity contribution in [3.05, 3.63) is 23.9 Å². The van der Waals surface area contributed by atoms with Crippen molar-refractivity contribution in [3.63, 3.8) is 0 Å². The Labute approximate surface area is 98.6 Å². The van der Waals surface area contributed by atoms with Crippen molar-refractivity contribution in [2.45, 2.75) is 12.5 Å². The van der Waals surface area contributed by atoms with Gasteiger partial charge in [0.05, 0.1) is 24.8 Å². The number of nitrogens with two attached hydrogens (primary N) is 1. The van der Waals surface area contributed by atoms with Crippen LogP contribution in [0.25, 0.3) is 0 Å². The van der Waals surface area contributed by atoms with Gasteiger partial charge in [-0.1, -0.05) is 6.07 Å². The van der Waals surface area contributed by atoms with Gasteiger partial charge in [0.15, 0.2) is 0 Å². The molecule has 0 spiro atoms. The lowest BCUT2D eigenvalue weighted by molar-refractivity contribution is -0.142. The first-order valence-corrected chi connectivity index (χ1v) is 5.34. The normalized spacial score (nSPS) is 19.9. The second kappa shape index (κ2) is 4.82. The third kappa shape index (κ3) is 2.72. The Kier molecular flexibility index (Phi) is 3.22. The highest BCUT2D eigenvalue weighted by atomic mass is 16.4. The second-order valence-electron chi connectivity index (χ2n) is 4.01. The zero-order valence-electron chi connectivity index (χ0n) is 9.21. The third-order valence-corrected chi connectivity index (χ3v) is 2.79. The average Bonchev–Trinajstić information content (AvgIpc) is 2.81. The van der Waals surface area contributed by atoms with Gasteiger partial charge in [0.2, 0.25) is 0 Å². The lowest BCUT2D eigenvalue weighted by Gasteiger charge is -2.19. The molecule has 17 heavy (non-hydrogen) atoms. The largest absolute Gasteiger partial charge is 0.481 e. The van der Waals surface area contributed by atoms with Crippen molar-refractivity contribution < 1.29 is 9.90 Å². The van der Waals surface area contributed by atoms with Crippen LogP contribution >= 0.6 is 0 Å². The van der Waals surface area contributed by atoms with Crippen LogP contribution in [0.3, 0.4) is 0 Å². The molecule has 6 nitrogen and oxygen atoms in total. The summed E-state index contributed by atoms with van der Waals surface area (Å²) in [4.78, 5) is 19.2. The fraction of sp³-hybridized carbons (Fsp3) is 0.364. The summed E-state index contributed by atoms with van der Waals surface area (Å²) >= 11 is 0. The highest BCUT2D eigenvalue weighted by Gasteiger charge is 2.29. The standard InChI is InChI=1S/C11H14N4O2/c12-10-2-1-7(4-14-10)3-8(11(16)17)9-5-13-6-15-9/h1-2,4,6,8-9H,3,5H2,(H2,12,14)(H,13,15)(H,16,17). The first kappa shape index (κ1) is 11.4. The van der Waals surface area contributed by atoms with E-state index in [1.807, 2.05) is 0 Å². The van der Waals surface area contributed by atoms with Gasteiger partial charge in [-0.05, 0) is 18.1 Å². The van der Waals surface area contributed by atoms with Crippen LogP contribution in [0.2, 0.25) is 0 Å². The fourth-order valence-corrected chi connectivity index (χ4v) is 1.82. The van der Waals surface area contributed by atoms with Gasteiger partial charge < -0.3 is 16.2 Å². The molecule has 2 atom stereocenters. The van der Waals surface area contributed by atoms with Crippen molar-refractivity contribution >= 4 is 18.1 Å². The van der Waals surface area contributed by atoms with E-state index < -0.39 is 11.9 Å². The van der Waals surface area contributed by atoms with Gasteiger partial charge >= 0.3 is 5.97 Å². The Morgan fingerprint density at radius 3 is 3.00 bits per heavy atom. The van der Waals surface area contributed by atoms with Crippen LogP contribution in [0.5, 0.6) is 0 Å². The van der Waals surface area contributed by atoms with Crippen LogP contribution in [0.15, 0.2) is 23.3 Å². The van der Waals surface area contributed by atoms with Crippen LogP contribution in [-0.4, -0.2) is 35.0 Å². The van der Waals surface area contributed by atoms with Gasteiger partial charge in [0, 0.05) is 6.20 Å². The molecule has 0 saturated heterocycles. The smallest absolute Gasteiger partial charge is 0.308 e. The molecule has 2 rings (SSSR count). The topological polar surface area (TPSA) is 101 Å². The molecule has 0 amide bonds. The van der Waals surface area contributed by atoms with Gasteiger partial charge in [-0.15, -0.1) is 0 Å². The van der Waals surface area contributed by atoms with Crippen LogP contribution in [0.1, 0.15) is 5.56 Å². The SMILES string of the molecule is Nc1ccc(CC(C(=O)O)C2CN=CN2)cn1. The molecule has 90 valence electrons. The molecule has 2 unspecified atom stereocenters. The fourth-order valence-electron chi connectivity index (χ4n) is 1.82. The first-order valence-electron chi connectivity index (χ1n) is 5.34. The minimum atomic E-state index is -0.829. The van der Waals surface area contributed by atoms with E-state index in [0.29, 0.717) is 18.8 Å². The molecule has 1 aliphatic heterocycles. The Morgan fingerprint density at radius 2 is 2.47 bits per heavy atom. The van der Waals surface area contributed by atoms with Crippen LogP contribution in [0, 0.1) is 5.92 Å². The van der Waals surface area contributed by atoms with E-state index in [1.54, 1.807) is 24.7 Å². The number of pyridine rings is 1. The number of carboxylic acid groups (broad SMARTS) is 1. The molecule has 1 aromatic heterocycles. The van der Waals surface area contributed by atoms with Crippen molar-refractivity contribution in [3.8, 4) is 0 Å². The lowest BCUT2D eigenvalue weighted by Crippen LogP contribution is -2.39. The molecular weight excluding hydrogens is 220 g/mol. The maximum atomic E-state index is 11.2. The first-order chi connectivity index (χ1) is 8.16. The Balaban J connectivity index is 2.07. The molecule has 0 radical (unpaired) electrons. The number of nitrogens with one attached hydrogen (secondary N) is 1. The van der Waals surface area contributed by atoms with E-state index in [4.69, 9.17) is 5.73 Å². The molecular formula is C11H14N4O2. The van der Waals surface area contributed by atoms with Gasteiger partial charge in [-0.25, -0.2) is 4.98 Å². The van der Waals surface area contributed by atoms with Crippen molar-refractivity contribution in [2.75, 3.05) is 12.3 Å². The summed E-state index contributed by atoms with van der Waals surface area (Å²) in [6, 6.07) is 3.33. The number of hydrogen-bond donors (Lipinski definition) is 3. The summed E-state index contributed by atoms with van der Waals surface area (Å²) in [5.41, 5.74) is 6.34. The minimum Gasteiger partial charge on any atom is -0.481 e. The number of rotatable bonds is 4. The Bertz CT molecular complexity index is 422. The second-order valence-corrected chi connectivity index (χ2v) is 4.01. The van der Waals surface area contributed by atoms with Gasteiger partial charge in [-0.3, -0.25) is 9.79 Å². The number of nitrogen functional groups attached to an aromatic ring is 1. The summed E-state index contributed by atoms with van der Waals surface area (Å²) in [7, 11) is 0. The van der Waals surface area contributed by atoms with Crippen molar-refractivity contribution in [1.82, 2.24) is 10.3 Å². The molecule has 0 bridgehead atoms. The molecule has 0 aliphatic carbocycles. The average molecular weight is 234 g/mol. The van der Waals surface area contributed by atoms with E-state index in [-0.39, 0.29) is 6.04 Å². The number of nitrogens with zero attached hydrogens (tertiary/aromatic N) is 2. The van der Waals surface area contributed by atoms with E-state index in [0.717, 1.165) is 5.56 Å². The van der Waals surface area contributed by atoms with Crippen molar-refractivity contribution in [2.24, 2.45) is 10.9 Å². The van der Waals surface area contributed by atoms with E-state index in [9.17, 15) is 9.90 Å². The molecule has 2 heterocycles. The molecule has 0 aromatic carbocycles. The number of carboxylic acids is 1. The lowest BCUT2D eigenvalue weighted by atomic mass is 9.93. The van der Waals surface area contributed by atoms with Crippen LogP contribution in [0.4, 0.5) is 5.82 Å². The molecule has 0 saturated carbocycles. The van der Waals surface area contributed by atoms with Gasteiger partial charge in [-0.2, -0.15) is 0 Å². The summed E-state index contributed by atoms with van der Waals surface area (Å²) in [5.74, 6) is -0.907. The Morgan fingerprint density at radius 1 is 1.65 bits per heavy atom. The zero-order valence-corrected chi connectivity index (χ0v) is 9.21. The minimum absolute atomic E-state index is 0.148. The van der Waals surface area contributed by atoms with Crippen LogP contribution < -0.4 is 11.1 Å². The summed E-state index contributed by atoms with van der Waals surface area (Å²) in [5, 5.41) is 12.2. The molecule has 1 aliphatic rings. The number of hydrogen-bond acceptors (Lipinski definition) is 5. The van der Waals surface area contributed by atoms with E-state index >= 15 is 0 Å². The molecule has 1 aromatic rings. The predicted molar refractivity (Wildman–Crippen MR) is 63.8 cm³/mol. The highest BCUT2D eigenvalue weighted by Crippen LogP contribution is 2.15. The van der Waals surface area contributed by atoms with E-state index in [2.05, 4.69) is 15.3 Å². The molecule has 6 heteroatoms. The summed E-state index contributed by atoms with van der Waals surface area (Å²) in [6.07, 6.45) is 3.59. The number of aliphatic carboxylic acids is 1. The number of aliphatic imine (C=N–C) groups is 1. The zero-order chi connectivity index (χ0) is 12.3. The number of aromatic nitrogens is 1. The quantitative estimate of drug-likeness (QED) is 0.675. The maximum Gasteiger partial charge on any atom is 0.308 e. The number of anilines is 1. The van der Waals surface area contributed by atoms with Gasteiger partial charge in [0.25, 0.3) is 0 Å². The maximum absolute atomic E-state index is 11.2. The third-order valence-electron chi connectivity index (χ3n) is 2.79. The van der Waals surface area contributed by atoms with Crippen LogP contribution in [-0.2, 0) is 11.2 Å². The monoisotopic (exact) mass is 234 g/mol. The van der Waals surface area contributed by atoms with E-state index in [1.165, 1.54) is 0 Å². The molecule has 0 fully saturated rings. The predicted octanol–water partition coefficient (Wildman–Crippen LogP) is -0.0928. The number of carbonyl (C=O) groups is 1. The van der Waals surface area contributed by atoms with Gasteiger partial charge in [0.1, 0.15) is 5.82 Å². The molecule has 4 N–H and O–H groups in total.